The SMILES string of the molecule is Cc1cc(F)cc(-c2cncc3[nH]c(-c4n[nH]c5cnc(-c6cncc(OCCN7CCCC7)c6)cc45)cc23)c1. The third-order valence-corrected chi connectivity index (χ3v) is 7.48. The number of ether oxygens (including phenoxy) is 1. The largest absolute Gasteiger partial charge is 0.491 e. The molecule has 8 nitrogen and oxygen atoms in total. The minimum atomic E-state index is -0.267. The number of rotatable bonds is 7. The highest BCUT2D eigenvalue weighted by molar-refractivity contribution is 6.01. The predicted octanol–water partition coefficient (Wildman–Crippen LogP) is 6.15. The zero-order valence-electron chi connectivity index (χ0n) is 22.1. The Kier molecular flexibility index (Phi) is 6.20. The van der Waals surface area contributed by atoms with Crippen LogP contribution in [0.25, 0.3) is 55.6 Å². The number of halogens is 1. The molecular weight excluding hydrogens is 505 g/mol. The lowest BCUT2D eigenvalue weighted by Crippen LogP contribution is -2.25. The van der Waals surface area contributed by atoms with Crippen molar-refractivity contribution >= 4 is 21.8 Å². The first-order chi connectivity index (χ1) is 19.6. The minimum absolute atomic E-state index is 0.267. The summed E-state index contributed by atoms with van der Waals surface area (Å²) in [5.74, 6) is 0.464. The lowest BCUT2D eigenvalue weighted by atomic mass is 10.0. The number of nitrogens with zero attached hydrogens (tertiary/aromatic N) is 5. The molecule has 7 rings (SSSR count). The summed E-state index contributed by atoms with van der Waals surface area (Å²) in [6.07, 6.45) is 11.4. The number of fused-ring (bicyclic) bond motifs is 2. The zero-order chi connectivity index (χ0) is 27.1. The van der Waals surface area contributed by atoms with Crippen LogP contribution < -0.4 is 4.74 Å². The molecule has 0 saturated carbocycles. The molecule has 2 N–H and O–H groups in total. The van der Waals surface area contributed by atoms with Crippen LogP contribution in [0.3, 0.4) is 0 Å². The van der Waals surface area contributed by atoms with Crippen LogP contribution in [0.15, 0.2) is 67.4 Å². The Morgan fingerprint density at radius 1 is 0.875 bits per heavy atom. The van der Waals surface area contributed by atoms with Crippen molar-refractivity contribution in [2.75, 3.05) is 26.2 Å². The molecule has 6 aromatic rings. The fraction of sp³-hybridized carbons (Fsp3) is 0.226. The topological polar surface area (TPSA) is 95.6 Å². The summed E-state index contributed by atoms with van der Waals surface area (Å²) in [7, 11) is 0. The summed E-state index contributed by atoms with van der Waals surface area (Å²) in [5, 5.41) is 9.57. The maximum atomic E-state index is 14.2. The molecule has 1 saturated heterocycles. The summed E-state index contributed by atoms with van der Waals surface area (Å²) in [6.45, 7) is 5.74. The number of nitrogens with one attached hydrogen (secondary N) is 2. The van der Waals surface area contributed by atoms with Gasteiger partial charge in [0.05, 0.1) is 41.0 Å². The van der Waals surface area contributed by atoms with Gasteiger partial charge in [-0.05, 0) is 74.3 Å². The molecule has 0 radical (unpaired) electrons. The Bertz CT molecular complexity index is 1820. The third kappa shape index (κ3) is 4.69. The number of hydrogen-bond acceptors (Lipinski definition) is 6. The molecule has 1 fully saturated rings. The lowest BCUT2D eigenvalue weighted by Gasteiger charge is -2.15. The number of pyridine rings is 3. The van der Waals surface area contributed by atoms with Gasteiger partial charge in [-0.25, -0.2) is 4.39 Å². The number of likely N-dealkylation sites (tertiary alicyclic amines) is 1. The van der Waals surface area contributed by atoms with Crippen molar-refractivity contribution in [2.24, 2.45) is 0 Å². The molecule has 6 heterocycles. The van der Waals surface area contributed by atoms with Crippen molar-refractivity contribution in [1.29, 1.82) is 0 Å². The van der Waals surface area contributed by atoms with Crippen LogP contribution in [-0.2, 0) is 0 Å². The van der Waals surface area contributed by atoms with Gasteiger partial charge in [0, 0.05) is 40.8 Å². The van der Waals surface area contributed by atoms with Crippen LogP contribution in [0.5, 0.6) is 5.75 Å². The van der Waals surface area contributed by atoms with Gasteiger partial charge >= 0.3 is 0 Å². The van der Waals surface area contributed by atoms with E-state index in [1.807, 2.05) is 31.2 Å². The second-order valence-corrected chi connectivity index (χ2v) is 10.3. The van der Waals surface area contributed by atoms with E-state index < -0.39 is 0 Å². The summed E-state index contributed by atoms with van der Waals surface area (Å²) < 4.78 is 20.2. The zero-order valence-corrected chi connectivity index (χ0v) is 22.1. The Hall–Kier alpha value is -4.63. The predicted molar refractivity (Wildman–Crippen MR) is 154 cm³/mol. The number of aromatic amines is 2. The third-order valence-electron chi connectivity index (χ3n) is 7.48. The van der Waals surface area contributed by atoms with Crippen molar-refractivity contribution in [1.82, 2.24) is 35.0 Å². The van der Waals surface area contributed by atoms with Gasteiger partial charge in [0.2, 0.25) is 0 Å². The molecule has 0 unspecified atom stereocenters. The Morgan fingerprint density at radius 2 is 1.75 bits per heavy atom. The van der Waals surface area contributed by atoms with Crippen molar-refractivity contribution in [3.8, 4) is 39.5 Å². The van der Waals surface area contributed by atoms with Gasteiger partial charge in [0.25, 0.3) is 0 Å². The smallest absolute Gasteiger partial charge is 0.138 e. The molecule has 0 aliphatic carbocycles. The van der Waals surface area contributed by atoms with Gasteiger partial charge in [-0.2, -0.15) is 5.10 Å². The molecule has 0 atom stereocenters. The van der Waals surface area contributed by atoms with E-state index in [1.54, 1.807) is 31.0 Å². The molecule has 200 valence electrons. The number of H-pyrrole nitrogens is 2. The summed E-state index contributed by atoms with van der Waals surface area (Å²) in [6, 6.07) is 11.1. The molecule has 40 heavy (non-hydrogen) atoms. The van der Waals surface area contributed by atoms with Crippen molar-refractivity contribution in [3.63, 3.8) is 0 Å². The second kappa shape index (κ2) is 10.2. The van der Waals surface area contributed by atoms with Gasteiger partial charge in [0.15, 0.2) is 0 Å². The van der Waals surface area contributed by atoms with Gasteiger partial charge in [0.1, 0.15) is 23.9 Å². The van der Waals surface area contributed by atoms with Crippen LogP contribution in [0, 0.1) is 12.7 Å². The Labute approximate surface area is 230 Å². The standard InChI is InChI=1S/C31H28FN7O/c1-19-8-20(10-22(32)9-19)26-16-34-17-29-24(26)12-28(36-29)31-25-13-27(35-18-30(25)37-38-31)21-11-23(15-33-14-21)40-7-6-39-4-2-3-5-39/h8-18,36H,2-7H2,1H3,(H,37,38). The van der Waals surface area contributed by atoms with E-state index >= 15 is 0 Å². The Morgan fingerprint density at radius 3 is 2.62 bits per heavy atom. The molecule has 1 aliphatic heterocycles. The fourth-order valence-electron chi connectivity index (χ4n) is 5.52. The fourth-order valence-corrected chi connectivity index (χ4v) is 5.52. The second-order valence-electron chi connectivity index (χ2n) is 10.3. The van der Waals surface area contributed by atoms with E-state index in [1.165, 1.54) is 25.0 Å². The molecule has 0 spiro atoms. The van der Waals surface area contributed by atoms with Gasteiger partial charge in [-0.15, -0.1) is 0 Å². The Balaban J connectivity index is 1.21. The van der Waals surface area contributed by atoms with Crippen LogP contribution in [-0.4, -0.2) is 61.3 Å². The first-order valence-corrected chi connectivity index (χ1v) is 13.5. The van der Waals surface area contributed by atoms with E-state index in [-0.39, 0.29) is 5.82 Å². The average molecular weight is 534 g/mol. The number of hydrogen-bond donors (Lipinski definition) is 2. The maximum Gasteiger partial charge on any atom is 0.138 e. The normalized spacial score (nSPS) is 13.9. The quantitative estimate of drug-likeness (QED) is 0.256. The first kappa shape index (κ1) is 24.4. The maximum absolute atomic E-state index is 14.2. The first-order valence-electron chi connectivity index (χ1n) is 13.5. The number of aryl methyl sites for hydroxylation is 1. The van der Waals surface area contributed by atoms with Gasteiger partial charge < -0.3 is 9.72 Å². The highest BCUT2D eigenvalue weighted by Crippen LogP contribution is 2.35. The van der Waals surface area contributed by atoms with Crippen molar-refractivity contribution < 1.29 is 9.13 Å². The van der Waals surface area contributed by atoms with E-state index in [0.717, 1.165) is 86.5 Å². The number of aromatic nitrogens is 6. The summed E-state index contributed by atoms with van der Waals surface area (Å²) in [4.78, 5) is 19.3. The number of benzene rings is 1. The van der Waals surface area contributed by atoms with Crippen LogP contribution >= 0.6 is 0 Å². The van der Waals surface area contributed by atoms with Crippen LogP contribution in [0.1, 0.15) is 18.4 Å². The highest BCUT2D eigenvalue weighted by Gasteiger charge is 2.16. The van der Waals surface area contributed by atoms with E-state index in [2.05, 4.69) is 35.0 Å². The highest BCUT2D eigenvalue weighted by atomic mass is 19.1. The van der Waals surface area contributed by atoms with Crippen LogP contribution in [0.2, 0.25) is 0 Å². The van der Waals surface area contributed by atoms with Crippen LogP contribution in [0.4, 0.5) is 4.39 Å². The molecule has 0 amide bonds. The minimum Gasteiger partial charge on any atom is -0.491 e. The lowest BCUT2D eigenvalue weighted by molar-refractivity contribution is 0.237. The van der Waals surface area contributed by atoms with E-state index in [0.29, 0.717) is 6.61 Å². The van der Waals surface area contributed by atoms with Gasteiger partial charge in [-0.1, -0.05) is 6.07 Å². The van der Waals surface area contributed by atoms with Gasteiger partial charge in [-0.3, -0.25) is 25.0 Å². The summed E-state index contributed by atoms with van der Waals surface area (Å²) >= 11 is 0. The molecule has 1 aromatic carbocycles. The summed E-state index contributed by atoms with van der Waals surface area (Å²) in [5.41, 5.74) is 7.42. The molecule has 1 aliphatic rings. The molecule has 0 bridgehead atoms. The monoisotopic (exact) mass is 533 g/mol. The van der Waals surface area contributed by atoms with E-state index in [4.69, 9.17) is 4.74 Å². The molecule has 5 aromatic heterocycles. The average Bonchev–Trinajstić information content (AvgIpc) is 3.71. The van der Waals surface area contributed by atoms with Crippen molar-refractivity contribution in [2.45, 2.75) is 19.8 Å². The molecule has 9 heteroatoms. The van der Waals surface area contributed by atoms with Crippen molar-refractivity contribution in [3.05, 3.63) is 78.8 Å². The van der Waals surface area contributed by atoms with E-state index in [9.17, 15) is 4.39 Å². The molecular formula is C31H28FN7O.